The number of aryl methyl sites for hydroxylation is 1. The standard InChI is InChI=1S/C27H28FN3O3/c1-17-12-21(28)13-23-20(16-31(25(17)23)22-6-7-22)15-30-10-8-27(9-11-30)14-24(29-34-27)18-2-4-19(5-3-18)26(32)33/h2-5,12-13,16,22H,6-11,14-15H2,1H3,(H,32,33). The van der Waals surface area contributed by atoms with Crippen LogP contribution in [0.2, 0.25) is 0 Å². The molecule has 7 heteroatoms. The van der Waals surface area contributed by atoms with Gasteiger partial charge in [0.05, 0.1) is 16.8 Å². The first-order chi connectivity index (χ1) is 16.4. The van der Waals surface area contributed by atoms with E-state index in [1.165, 1.54) is 23.9 Å². The normalized spacial score (nSPS) is 20.0. The first kappa shape index (κ1) is 21.4. The smallest absolute Gasteiger partial charge is 0.335 e. The number of fused-ring (bicyclic) bond motifs is 1. The van der Waals surface area contributed by atoms with Crippen LogP contribution < -0.4 is 0 Å². The summed E-state index contributed by atoms with van der Waals surface area (Å²) in [5.41, 5.74) is 5.15. The molecule has 6 nitrogen and oxygen atoms in total. The molecule has 1 saturated heterocycles. The molecule has 0 amide bonds. The Labute approximate surface area is 197 Å². The number of carboxylic acids is 1. The molecule has 2 aliphatic heterocycles. The summed E-state index contributed by atoms with van der Waals surface area (Å²) in [5, 5.41) is 14.5. The zero-order chi connectivity index (χ0) is 23.4. The Hall–Kier alpha value is -3.19. The first-order valence-corrected chi connectivity index (χ1v) is 12.0. The van der Waals surface area contributed by atoms with Crippen molar-refractivity contribution in [2.45, 2.75) is 57.2 Å². The number of benzene rings is 2. The van der Waals surface area contributed by atoms with Crippen molar-refractivity contribution in [3.8, 4) is 0 Å². The second-order valence-electron chi connectivity index (χ2n) is 10.1. The summed E-state index contributed by atoms with van der Waals surface area (Å²) in [4.78, 5) is 19.5. The predicted octanol–water partition coefficient (Wildman–Crippen LogP) is 5.28. The second-order valence-corrected chi connectivity index (χ2v) is 10.1. The number of halogens is 1. The van der Waals surface area contributed by atoms with Crippen molar-refractivity contribution in [3.05, 3.63) is 70.7 Å². The molecule has 3 aliphatic rings. The van der Waals surface area contributed by atoms with Gasteiger partial charge >= 0.3 is 5.97 Å². The lowest BCUT2D eigenvalue weighted by molar-refractivity contribution is -0.0626. The van der Waals surface area contributed by atoms with Gasteiger partial charge in [0.15, 0.2) is 0 Å². The van der Waals surface area contributed by atoms with Crippen LogP contribution in [0.4, 0.5) is 4.39 Å². The molecule has 3 aromatic rings. The molecule has 0 atom stereocenters. The van der Waals surface area contributed by atoms with Gasteiger partial charge in [-0.2, -0.15) is 0 Å². The van der Waals surface area contributed by atoms with Crippen LogP contribution >= 0.6 is 0 Å². The van der Waals surface area contributed by atoms with Gasteiger partial charge in [-0.3, -0.25) is 4.90 Å². The number of carbonyl (C=O) groups is 1. The summed E-state index contributed by atoms with van der Waals surface area (Å²) in [6, 6.07) is 10.7. The summed E-state index contributed by atoms with van der Waals surface area (Å²) in [6.45, 7) is 4.60. The molecule has 176 valence electrons. The van der Waals surface area contributed by atoms with E-state index in [9.17, 15) is 9.18 Å². The van der Waals surface area contributed by atoms with Crippen LogP contribution in [0.5, 0.6) is 0 Å². The van der Waals surface area contributed by atoms with Crippen molar-refractivity contribution >= 4 is 22.6 Å². The molecular weight excluding hydrogens is 433 g/mol. The van der Waals surface area contributed by atoms with Gasteiger partial charge in [0.1, 0.15) is 11.4 Å². The van der Waals surface area contributed by atoms with Crippen LogP contribution in [0.15, 0.2) is 47.8 Å². The average Bonchev–Trinajstić information content (AvgIpc) is 3.49. The monoisotopic (exact) mass is 461 g/mol. The van der Waals surface area contributed by atoms with Crippen LogP contribution in [-0.2, 0) is 11.4 Å². The number of hydrogen-bond acceptors (Lipinski definition) is 4. The number of nitrogens with zero attached hydrogens (tertiary/aromatic N) is 3. The third-order valence-corrected chi connectivity index (χ3v) is 7.57. The summed E-state index contributed by atoms with van der Waals surface area (Å²) in [5.74, 6) is -1.10. The Kier molecular flexibility index (Phi) is 4.99. The van der Waals surface area contributed by atoms with Crippen molar-refractivity contribution in [2.75, 3.05) is 13.1 Å². The highest BCUT2D eigenvalue weighted by Crippen LogP contribution is 2.41. The summed E-state index contributed by atoms with van der Waals surface area (Å²) in [6.07, 6.45) is 7.13. The first-order valence-electron chi connectivity index (χ1n) is 12.0. The zero-order valence-electron chi connectivity index (χ0n) is 19.3. The largest absolute Gasteiger partial charge is 0.478 e. The third kappa shape index (κ3) is 3.78. The van der Waals surface area contributed by atoms with Gasteiger partial charge in [-0.25, -0.2) is 9.18 Å². The number of oxime groups is 1. The van der Waals surface area contributed by atoms with Crippen molar-refractivity contribution in [1.29, 1.82) is 0 Å². The van der Waals surface area contributed by atoms with E-state index in [2.05, 4.69) is 20.8 Å². The van der Waals surface area contributed by atoms with E-state index in [0.29, 0.717) is 6.04 Å². The third-order valence-electron chi connectivity index (χ3n) is 7.57. The molecule has 2 aromatic carbocycles. The lowest BCUT2D eigenvalue weighted by atomic mass is 9.85. The molecular formula is C27H28FN3O3. The van der Waals surface area contributed by atoms with Crippen molar-refractivity contribution in [1.82, 2.24) is 9.47 Å². The highest BCUT2D eigenvalue weighted by Gasteiger charge is 2.42. The predicted molar refractivity (Wildman–Crippen MR) is 128 cm³/mol. The van der Waals surface area contributed by atoms with Crippen LogP contribution in [0.3, 0.4) is 0 Å². The summed E-state index contributed by atoms with van der Waals surface area (Å²) < 4.78 is 16.6. The Morgan fingerprint density at radius 3 is 2.62 bits per heavy atom. The van der Waals surface area contributed by atoms with E-state index in [-0.39, 0.29) is 17.0 Å². The van der Waals surface area contributed by atoms with Gasteiger partial charge in [0, 0.05) is 56.5 Å². The minimum absolute atomic E-state index is 0.169. The highest BCUT2D eigenvalue weighted by molar-refractivity contribution is 6.02. The van der Waals surface area contributed by atoms with Gasteiger partial charge in [0.25, 0.3) is 0 Å². The average molecular weight is 462 g/mol. The molecule has 0 bridgehead atoms. The van der Waals surface area contributed by atoms with E-state index < -0.39 is 5.97 Å². The number of likely N-dealkylation sites (tertiary alicyclic amines) is 1. The van der Waals surface area contributed by atoms with Crippen molar-refractivity contribution in [3.63, 3.8) is 0 Å². The minimum atomic E-state index is -0.932. The van der Waals surface area contributed by atoms with E-state index in [4.69, 9.17) is 9.94 Å². The number of carboxylic acid groups (broad SMARTS) is 1. The Bertz CT molecular complexity index is 1300. The number of aromatic nitrogens is 1. The van der Waals surface area contributed by atoms with E-state index in [1.54, 1.807) is 36.4 Å². The number of hydrogen-bond donors (Lipinski definition) is 1. The van der Waals surface area contributed by atoms with E-state index in [0.717, 1.165) is 61.1 Å². The molecule has 1 spiro atoms. The topological polar surface area (TPSA) is 67.1 Å². The minimum Gasteiger partial charge on any atom is -0.478 e. The van der Waals surface area contributed by atoms with Gasteiger partial charge in [0.2, 0.25) is 0 Å². The Morgan fingerprint density at radius 2 is 1.94 bits per heavy atom. The van der Waals surface area contributed by atoms with Gasteiger partial charge in [-0.1, -0.05) is 17.3 Å². The molecule has 1 aromatic heterocycles. The lowest BCUT2D eigenvalue weighted by Crippen LogP contribution is -2.44. The molecule has 1 aliphatic carbocycles. The fraction of sp³-hybridized carbons (Fsp3) is 0.407. The Balaban J connectivity index is 1.14. The number of aromatic carboxylic acids is 1. The molecule has 2 fully saturated rings. The fourth-order valence-electron chi connectivity index (χ4n) is 5.50. The fourth-order valence-corrected chi connectivity index (χ4v) is 5.50. The molecule has 34 heavy (non-hydrogen) atoms. The highest BCUT2D eigenvalue weighted by atomic mass is 19.1. The molecule has 1 N–H and O–H groups in total. The summed E-state index contributed by atoms with van der Waals surface area (Å²) >= 11 is 0. The summed E-state index contributed by atoms with van der Waals surface area (Å²) in [7, 11) is 0. The molecule has 1 saturated carbocycles. The maximum atomic E-state index is 14.2. The van der Waals surface area contributed by atoms with Crippen LogP contribution in [0, 0.1) is 12.7 Å². The number of rotatable bonds is 5. The zero-order valence-corrected chi connectivity index (χ0v) is 19.3. The van der Waals surface area contributed by atoms with Crippen molar-refractivity contribution in [2.24, 2.45) is 5.16 Å². The maximum absolute atomic E-state index is 14.2. The SMILES string of the molecule is Cc1cc(F)cc2c(CN3CCC4(CC3)CC(c3ccc(C(=O)O)cc3)=NO4)cn(C3CC3)c12. The van der Waals surface area contributed by atoms with Crippen LogP contribution in [0.1, 0.15) is 65.2 Å². The lowest BCUT2D eigenvalue weighted by Gasteiger charge is -2.37. The molecule has 6 rings (SSSR count). The molecule has 0 radical (unpaired) electrons. The van der Waals surface area contributed by atoms with Crippen LogP contribution in [-0.4, -0.2) is 44.9 Å². The maximum Gasteiger partial charge on any atom is 0.335 e. The van der Waals surface area contributed by atoms with Crippen LogP contribution in [0.25, 0.3) is 10.9 Å². The quantitative estimate of drug-likeness (QED) is 0.561. The van der Waals surface area contributed by atoms with Gasteiger partial charge in [-0.05, 0) is 60.7 Å². The Morgan fingerprint density at radius 1 is 1.21 bits per heavy atom. The number of piperidine rings is 1. The van der Waals surface area contributed by atoms with E-state index >= 15 is 0 Å². The molecule has 0 unspecified atom stereocenters. The van der Waals surface area contributed by atoms with E-state index in [1.807, 2.05) is 6.92 Å². The second kappa shape index (κ2) is 7.94. The molecule has 3 heterocycles. The van der Waals surface area contributed by atoms with Crippen molar-refractivity contribution < 1.29 is 19.1 Å². The van der Waals surface area contributed by atoms with Gasteiger partial charge < -0.3 is 14.5 Å². The van der Waals surface area contributed by atoms with Gasteiger partial charge in [-0.15, -0.1) is 0 Å².